The largest absolute Gasteiger partial charge is 0.395 e. The van der Waals surface area contributed by atoms with Gasteiger partial charge in [-0.05, 0) is 24.5 Å². The molecule has 0 saturated heterocycles. The molecule has 2 atom stereocenters. The van der Waals surface area contributed by atoms with Crippen molar-refractivity contribution in [3.8, 4) is 11.8 Å². The molecule has 4 heteroatoms. The van der Waals surface area contributed by atoms with Gasteiger partial charge in [-0.25, -0.2) is 4.98 Å². The van der Waals surface area contributed by atoms with E-state index in [2.05, 4.69) is 23.7 Å². The molecule has 0 aliphatic carbocycles. The summed E-state index contributed by atoms with van der Waals surface area (Å²) in [5.41, 5.74) is 6.70. The summed E-state index contributed by atoms with van der Waals surface area (Å²) in [7, 11) is 0. The summed E-state index contributed by atoms with van der Waals surface area (Å²) in [4.78, 5) is 4.29. The van der Waals surface area contributed by atoms with Crippen molar-refractivity contribution in [2.24, 2.45) is 5.73 Å². The lowest BCUT2D eigenvalue weighted by atomic mass is 10.1. The molecule has 0 radical (unpaired) electrons. The van der Waals surface area contributed by atoms with Crippen molar-refractivity contribution >= 4 is 0 Å². The van der Waals surface area contributed by atoms with Crippen molar-refractivity contribution in [1.29, 1.82) is 0 Å². The molecule has 1 aromatic heterocycles. The zero-order valence-electron chi connectivity index (χ0n) is 13.5. The van der Waals surface area contributed by atoms with Crippen LogP contribution >= 0.6 is 0 Å². The van der Waals surface area contributed by atoms with Gasteiger partial charge in [0.15, 0.2) is 0 Å². The molecule has 1 heterocycles. The van der Waals surface area contributed by atoms with E-state index in [-0.39, 0.29) is 6.61 Å². The summed E-state index contributed by atoms with van der Waals surface area (Å²) in [6.45, 7) is 1.94. The summed E-state index contributed by atoms with van der Waals surface area (Å²) in [5, 5.41) is 18.9. The first-order chi connectivity index (χ1) is 10.7. The molecule has 1 rings (SSSR count). The van der Waals surface area contributed by atoms with Crippen LogP contribution < -0.4 is 5.73 Å². The van der Waals surface area contributed by atoms with E-state index in [1.54, 1.807) is 12.1 Å². The Hall–Kier alpha value is -1.41. The van der Waals surface area contributed by atoms with E-state index >= 15 is 0 Å². The van der Waals surface area contributed by atoms with Gasteiger partial charge < -0.3 is 15.9 Å². The van der Waals surface area contributed by atoms with Crippen molar-refractivity contribution < 1.29 is 10.2 Å². The first kappa shape index (κ1) is 18.6. The molecule has 0 spiro atoms. The third-order valence-corrected chi connectivity index (χ3v) is 3.56. The summed E-state index contributed by atoms with van der Waals surface area (Å²) < 4.78 is 0. The van der Waals surface area contributed by atoms with Crippen LogP contribution in [0.4, 0.5) is 0 Å². The van der Waals surface area contributed by atoms with Gasteiger partial charge in [-0.1, -0.05) is 51.0 Å². The number of unbranched alkanes of at least 4 members (excludes halogenated alkanes) is 6. The van der Waals surface area contributed by atoms with Crippen LogP contribution in [0.15, 0.2) is 18.2 Å². The van der Waals surface area contributed by atoms with Crippen LogP contribution in [0, 0.1) is 11.8 Å². The van der Waals surface area contributed by atoms with E-state index in [0.29, 0.717) is 11.4 Å². The number of aliphatic hydroxyl groups is 2. The average molecular weight is 304 g/mol. The lowest BCUT2D eigenvalue weighted by Crippen LogP contribution is -2.32. The summed E-state index contributed by atoms with van der Waals surface area (Å²) >= 11 is 0. The second-order valence-electron chi connectivity index (χ2n) is 5.56. The van der Waals surface area contributed by atoms with E-state index in [0.717, 1.165) is 12.8 Å². The number of rotatable bonds is 9. The van der Waals surface area contributed by atoms with Crippen molar-refractivity contribution in [3.05, 3.63) is 29.6 Å². The smallest absolute Gasteiger partial charge is 0.113 e. The quantitative estimate of drug-likeness (QED) is 0.484. The van der Waals surface area contributed by atoms with Crippen LogP contribution in [0.2, 0.25) is 0 Å². The Morgan fingerprint density at radius 3 is 2.64 bits per heavy atom. The molecule has 4 N–H and O–H groups in total. The number of nitrogens with two attached hydrogens (primary N) is 1. The molecule has 22 heavy (non-hydrogen) atoms. The maximum Gasteiger partial charge on any atom is 0.113 e. The molecule has 0 saturated carbocycles. The Balaban J connectivity index is 2.42. The topological polar surface area (TPSA) is 79.4 Å². The first-order valence-corrected chi connectivity index (χ1v) is 8.19. The Labute approximate surface area is 133 Å². The highest BCUT2D eigenvalue weighted by atomic mass is 16.3. The third kappa shape index (κ3) is 7.04. The number of nitrogens with zero attached hydrogens (tertiary/aromatic N) is 1. The SMILES string of the molecule is CCCCCCCCC#Cc1cccc([C@@H](O)[C@@H](N)CO)n1. The fourth-order valence-corrected chi connectivity index (χ4v) is 2.15. The van der Waals surface area contributed by atoms with E-state index in [9.17, 15) is 5.11 Å². The second-order valence-corrected chi connectivity index (χ2v) is 5.56. The fourth-order valence-electron chi connectivity index (χ4n) is 2.15. The molecule has 122 valence electrons. The predicted molar refractivity (Wildman–Crippen MR) is 89.1 cm³/mol. The van der Waals surface area contributed by atoms with Gasteiger partial charge in [-0.2, -0.15) is 0 Å². The van der Waals surface area contributed by atoms with Crippen LogP contribution in [-0.4, -0.2) is 27.8 Å². The molecule has 0 aliphatic rings. The molecule has 0 amide bonds. The lowest BCUT2D eigenvalue weighted by molar-refractivity contribution is 0.106. The Morgan fingerprint density at radius 2 is 1.91 bits per heavy atom. The van der Waals surface area contributed by atoms with Gasteiger partial charge in [0.1, 0.15) is 11.8 Å². The van der Waals surface area contributed by atoms with Crippen molar-refractivity contribution in [2.45, 2.75) is 64.0 Å². The maximum atomic E-state index is 9.93. The van der Waals surface area contributed by atoms with Crippen molar-refractivity contribution in [3.63, 3.8) is 0 Å². The van der Waals surface area contributed by atoms with Crippen LogP contribution in [0.1, 0.15) is 69.4 Å². The Bertz CT molecular complexity index is 479. The van der Waals surface area contributed by atoms with Gasteiger partial charge in [0.25, 0.3) is 0 Å². The standard InChI is InChI=1S/C18H28N2O2/c1-2-3-4-5-6-7-8-9-11-15-12-10-13-17(20-15)18(22)16(19)14-21/h10,12-13,16,18,21-22H,2-8,14,19H2,1H3/t16-,18-/m0/s1. The lowest BCUT2D eigenvalue weighted by Gasteiger charge is -2.15. The molecule has 1 aromatic rings. The van der Waals surface area contributed by atoms with E-state index < -0.39 is 12.1 Å². The first-order valence-electron chi connectivity index (χ1n) is 8.19. The van der Waals surface area contributed by atoms with Crippen molar-refractivity contribution in [2.75, 3.05) is 6.61 Å². The Morgan fingerprint density at radius 1 is 1.18 bits per heavy atom. The van der Waals surface area contributed by atoms with Crippen LogP contribution in [0.3, 0.4) is 0 Å². The second kappa shape index (κ2) is 11.2. The normalized spacial score (nSPS) is 13.3. The minimum absolute atomic E-state index is 0.281. The van der Waals surface area contributed by atoms with E-state index in [1.165, 1.54) is 32.1 Å². The van der Waals surface area contributed by atoms with Gasteiger partial charge in [0, 0.05) is 6.42 Å². The third-order valence-electron chi connectivity index (χ3n) is 3.56. The molecular weight excluding hydrogens is 276 g/mol. The average Bonchev–Trinajstić information content (AvgIpc) is 2.56. The van der Waals surface area contributed by atoms with Crippen LogP contribution in [0.25, 0.3) is 0 Å². The molecular formula is C18H28N2O2. The molecule has 0 bridgehead atoms. The highest BCUT2D eigenvalue weighted by Gasteiger charge is 2.17. The van der Waals surface area contributed by atoms with Gasteiger partial charge in [-0.3, -0.25) is 0 Å². The molecule has 0 unspecified atom stereocenters. The highest BCUT2D eigenvalue weighted by Crippen LogP contribution is 2.13. The van der Waals surface area contributed by atoms with Crippen LogP contribution in [0.5, 0.6) is 0 Å². The minimum Gasteiger partial charge on any atom is -0.395 e. The molecule has 0 aromatic carbocycles. The molecule has 4 nitrogen and oxygen atoms in total. The van der Waals surface area contributed by atoms with E-state index in [1.807, 2.05) is 6.07 Å². The number of pyridine rings is 1. The molecule has 0 fully saturated rings. The molecule has 0 aliphatic heterocycles. The van der Waals surface area contributed by atoms with E-state index in [4.69, 9.17) is 10.8 Å². The minimum atomic E-state index is -0.967. The number of hydrogen-bond acceptors (Lipinski definition) is 4. The maximum absolute atomic E-state index is 9.93. The number of aromatic nitrogens is 1. The predicted octanol–water partition coefficient (Wildman–Crippen LogP) is 2.54. The number of aliphatic hydroxyl groups excluding tert-OH is 2. The monoisotopic (exact) mass is 304 g/mol. The van der Waals surface area contributed by atoms with Crippen LogP contribution in [-0.2, 0) is 0 Å². The summed E-state index contributed by atoms with van der Waals surface area (Å²) in [6, 6.07) is 4.58. The number of hydrogen-bond donors (Lipinski definition) is 3. The zero-order valence-corrected chi connectivity index (χ0v) is 13.5. The van der Waals surface area contributed by atoms with Gasteiger partial charge in [-0.15, -0.1) is 0 Å². The van der Waals surface area contributed by atoms with Crippen molar-refractivity contribution in [1.82, 2.24) is 4.98 Å². The highest BCUT2D eigenvalue weighted by molar-refractivity contribution is 5.29. The Kier molecular flexibility index (Phi) is 9.49. The van der Waals surface area contributed by atoms with Gasteiger partial charge in [0.05, 0.1) is 18.3 Å². The summed E-state index contributed by atoms with van der Waals surface area (Å²) in [6.07, 6.45) is 7.45. The summed E-state index contributed by atoms with van der Waals surface area (Å²) in [5.74, 6) is 6.15. The fraction of sp³-hybridized carbons (Fsp3) is 0.611. The van der Waals surface area contributed by atoms with Gasteiger partial charge in [0.2, 0.25) is 0 Å². The van der Waals surface area contributed by atoms with Gasteiger partial charge >= 0.3 is 0 Å². The zero-order chi connectivity index (χ0) is 16.2.